The molecule has 0 bridgehead atoms. The van der Waals surface area contributed by atoms with Gasteiger partial charge in [0.25, 0.3) is 0 Å². The Morgan fingerprint density at radius 1 is 1.29 bits per heavy atom. The summed E-state index contributed by atoms with van der Waals surface area (Å²) >= 11 is 0. The van der Waals surface area contributed by atoms with Gasteiger partial charge in [0.05, 0.1) is 0 Å². The van der Waals surface area contributed by atoms with Gasteiger partial charge in [-0.25, -0.2) is 0 Å². The molecule has 46 valence electrons. The maximum Gasteiger partial charge on any atom is 0.0474 e. The van der Waals surface area contributed by atoms with Crippen LogP contribution in [0, 0.1) is 0 Å². The molecule has 0 aromatic heterocycles. The van der Waals surface area contributed by atoms with Crippen LogP contribution in [-0.2, 0) is 4.89 Å². The largest absolute Gasteiger partial charge is 0.723 e. The second kappa shape index (κ2) is 2.96. The average Bonchev–Trinajstić information content (AvgIpc) is 1.35. The lowest BCUT2D eigenvalue weighted by Gasteiger charge is -2.22. The lowest BCUT2D eigenvalue weighted by atomic mass is 10.2. The summed E-state index contributed by atoms with van der Waals surface area (Å²) in [6, 6.07) is 0. The second-order valence-electron chi connectivity index (χ2n) is 2.20. The van der Waals surface area contributed by atoms with Crippen molar-refractivity contribution in [3.8, 4) is 0 Å². The van der Waals surface area contributed by atoms with Gasteiger partial charge in [0.2, 0.25) is 0 Å². The van der Waals surface area contributed by atoms with E-state index in [1.165, 1.54) is 0 Å². The van der Waals surface area contributed by atoms with Crippen molar-refractivity contribution in [1.29, 1.82) is 0 Å². The Morgan fingerprint density at radius 3 is 1.43 bits per heavy atom. The Hall–Kier alpha value is -0.120. The Labute approximate surface area is 43.8 Å². The van der Waals surface area contributed by atoms with Crippen molar-refractivity contribution in [3.63, 3.8) is 0 Å². The van der Waals surface area contributed by atoms with Crippen molar-refractivity contribution in [2.24, 2.45) is 0 Å². The Balaban J connectivity index is 0. The Morgan fingerprint density at radius 2 is 1.43 bits per heavy atom. The highest BCUT2D eigenvalue weighted by Crippen LogP contribution is 1.99. The molecule has 0 atom stereocenters. The lowest BCUT2D eigenvalue weighted by Crippen LogP contribution is -2.25. The summed E-state index contributed by atoms with van der Waals surface area (Å²) in [5.74, 6) is 0. The number of rotatable bonds is 0. The first kappa shape index (κ1) is 9.99. The molecule has 0 aliphatic heterocycles. The second-order valence-corrected chi connectivity index (χ2v) is 2.20. The van der Waals surface area contributed by atoms with Crippen LogP contribution in [0.25, 0.3) is 0 Å². The molecule has 3 nitrogen and oxygen atoms in total. The Bertz CT molecular complexity index is 39.4. The van der Waals surface area contributed by atoms with E-state index in [4.69, 9.17) is 0 Å². The lowest BCUT2D eigenvalue weighted by molar-refractivity contribution is -0.714. The smallest absolute Gasteiger partial charge is 0.0474 e. The Kier molecular flexibility index (Phi) is 4.22. The zero-order valence-corrected chi connectivity index (χ0v) is 5.32. The average molecular weight is 107 g/mol. The molecule has 7 heavy (non-hydrogen) atoms. The molecule has 0 spiro atoms. The SMILES string of the molecule is CC(C)(C)O[O-].[NH4+]. The predicted molar refractivity (Wildman–Crippen MR) is 26.8 cm³/mol. The van der Waals surface area contributed by atoms with Crippen molar-refractivity contribution in [2.75, 3.05) is 0 Å². The molecular formula is C4H13NO2. The third-order valence-electron chi connectivity index (χ3n) is 0.250. The third kappa shape index (κ3) is 10.7. The molecule has 4 N–H and O–H groups in total. The molecule has 0 rings (SSSR count). The van der Waals surface area contributed by atoms with E-state index in [-0.39, 0.29) is 6.15 Å². The van der Waals surface area contributed by atoms with Gasteiger partial charge in [-0.05, 0) is 20.8 Å². The minimum absolute atomic E-state index is 0. The normalized spacial score (nSPS) is 10.3. The van der Waals surface area contributed by atoms with Crippen LogP contribution in [-0.4, -0.2) is 5.60 Å². The number of hydrogen-bond acceptors (Lipinski definition) is 2. The topological polar surface area (TPSA) is 68.8 Å². The van der Waals surface area contributed by atoms with Crippen molar-refractivity contribution in [1.82, 2.24) is 6.15 Å². The molecule has 0 aliphatic carbocycles. The molecule has 3 heteroatoms. The molecule has 0 fully saturated rings. The molecule has 0 aliphatic rings. The summed E-state index contributed by atoms with van der Waals surface area (Å²) < 4.78 is 0. The molecule has 0 aromatic carbocycles. The summed E-state index contributed by atoms with van der Waals surface area (Å²) in [6.45, 7) is 5.12. The molecule has 0 amide bonds. The van der Waals surface area contributed by atoms with E-state index in [2.05, 4.69) is 4.89 Å². The van der Waals surface area contributed by atoms with Gasteiger partial charge in [0, 0.05) is 5.60 Å². The van der Waals surface area contributed by atoms with Gasteiger partial charge in [0.15, 0.2) is 0 Å². The number of quaternary nitrogens is 1. The van der Waals surface area contributed by atoms with E-state index in [0.29, 0.717) is 0 Å². The van der Waals surface area contributed by atoms with Crippen LogP contribution in [0.1, 0.15) is 20.8 Å². The molecule has 0 unspecified atom stereocenters. The minimum Gasteiger partial charge on any atom is -0.723 e. The maximum atomic E-state index is 9.45. The highest BCUT2D eigenvalue weighted by Gasteiger charge is 2.00. The summed E-state index contributed by atoms with van der Waals surface area (Å²) in [5, 5.41) is 9.45. The van der Waals surface area contributed by atoms with Crippen LogP contribution in [0.5, 0.6) is 0 Å². The van der Waals surface area contributed by atoms with E-state index >= 15 is 0 Å². The van der Waals surface area contributed by atoms with Crippen LogP contribution >= 0.6 is 0 Å². The summed E-state index contributed by atoms with van der Waals surface area (Å²) in [7, 11) is 0. The van der Waals surface area contributed by atoms with Gasteiger partial charge in [-0.3, -0.25) is 0 Å². The standard InChI is InChI=1S/C4H10O2.H3N/c1-4(2,3)6-5;/h5H,1-3H3;1H3. The van der Waals surface area contributed by atoms with Crippen molar-refractivity contribution in [2.45, 2.75) is 26.4 Å². The van der Waals surface area contributed by atoms with Crippen LogP contribution in [0.15, 0.2) is 0 Å². The van der Waals surface area contributed by atoms with Gasteiger partial charge < -0.3 is 16.3 Å². The fourth-order valence-electron chi connectivity index (χ4n) is 0. The molecule has 0 heterocycles. The summed E-state index contributed by atoms with van der Waals surface area (Å²) in [6.07, 6.45) is 0. The van der Waals surface area contributed by atoms with Gasteiger partial charge in [-0.15, -0.1) is 0 Å². The first-order valence-corrected chi connectivity index (χ1v) is 1.87. The molecule has 0 radical (unpaired) electrons. The van der Waals surface area contributed by atoms with Gasteiger partial charge in [-0.1, -0.05) is 0 Å². The first-order valence-electron chi connectivity index (χ1n) is 1.87. The van der Waals surface area contributed by atoms with Crippen LogP contribution in [0.3, 0.4) is 0 Å². The number of hydrogen-bond donors (Lipinski definition) is 1. The quantitative estimate of drug-likeness (QED) is 0.360. The molecule has 0 saturated carbocycles. The van der Waals surface area contributed by atoms with E-state index in [1.807, 2.05) is 0 Å². The highest BCUT2D eigenvalue weighted by molar-refractivity contribution is 4.53. The third-order valence-corrected chi connectivity index (χ3v) is 0.250. The van der Waals surface area contributed by atoms with Crippen molar-refractivity contribution < 1.29 is 10.1 Å². The zero-order valence-electron chi connectivity index (χ0n) is 5.32. The monoisotopic (exact) mass is 107 g/mol. The van der Waals surface area contributed by atoms with Crippen molar-refractivity contribution in [3.05, 3.63) is 0 Å². The van der Waals surface area contributed by atoms with E-state index in [0.717, 1.165) is 0 Å². The van der Waals surface area contributed by atoms with Gasteiger partial charge in [0.1, 0.15) is 0 Å². The van der Waals surface area contributed by atoms with E-state index in [1.54, 1.807) is 20.8 Å². The minimum atomic E-state index is -0.514. The fraction of sp³-hybridized carbons (Fsp3) is 1.00. The maximum absolute atomic E-state index is 9.45. The fourth-order valence-corrected chi connectivity index (χ4v) is 0. The van der Waals surface area contributed by atoms with Crippen molar-refractivity contribution >= 4 is 0 Å². The summed E-state index contributed by atoms with van der Waals surface area (Å²) in [4.78, 5) is 3.69. The van der Waals surface area contributed by atoms with Crippen LogP contribution < -0.4 is 11.4 Å². The van der Waals surface area contributed by atoms with Gasteiger partial charge in [-0.2, -0.15) is 0 Å². The molecule has 0 saturated heterocycles. The van der Waals surface area contributed by atoms with Gasteiger partial charge >= 0.3 is 0 Å². The molecule has 0 aromatic rings. The van der Waals surface area contributed by atoms with Crippen LogP contribution in [0.4, 0.5) is 0 Å². The summed E-state index contributed by atoms with van der Waals surface area (Å²) in [5.41, 5.74) is -0.514. The predicted octanol–water partition coefficient (Wildman–Crippen LogP) is 0.453. The molecular weight excluding hydrogens is 94.0 g/mol. The zero-order chi connectivity index (χ0) is 5.21. The van der Waals surface area contributed by atoms with E-state index < -0.39 is 5.60 Å². The first-order chi connectivity index (χ1) is 2.56. The van der Waals surface area contributed by atoms with E-state index in [9.17, 15) is 5.26 Å². The highest BCUT2D eigenvalue weighted by atomic mass is 17.1. The van der Waals surface area contributed by atoms with Crippen LogP contribution in [0.2, 0.25) is 0 Å².